The summed E-state index contributed by atoms with van der Waals surface area (Å²) in [7, 11) is 1.66. The van der Waals surface area contributed by atoms with Crippen LogP contribution in [-0.4, -0.2) is 30.6 Å². The molecule has 2 aromatic rings. The second-order valence-corrected chi connectivity index (χ2v) is 6.84. The number of methoxy groups -OCH3 is 1. The van der Waals surface area contributed by atoms with E-state index in [0.29, 0.717) is 12.6 Å². The molecule has 0 bridgehead atoms. The number of carbonyl (C=O) groups is 1. The maximum Gasteiger partial charge on any atom is 0.247 e. The first kappa shape index (κ1) is 16.7. The van der Waals surface area contributed by atoms with Gasteiger partial charge in [0, 0.05) is 25.1 Å². The highest BCUT2D eigenvalue weighted by Crippen LogP contribution is 2.30. The zero-order valence-electron chi connectivity index (χ0n) is 15.0. The van der Waals surface area contributed by atoms with E-state index in [4.69, 9.17) is 9.47 Å². The van der Waals surface area contributed by atoms with Crippen LogP contribution >= 0.6 is 0 Å². The molecule has 0 aromatic heterocycles. The highest BCUT2D eigenvalue weighted by molar-refractivity contribution is 5.92. The monoisotopic (exact) mass is 349 g/mol. The van der Waals surface area contributed by atoms with E-state index in [1.165, 1.54) is 5.56 Å². The maximum atomic E-state index is 12.7. The minimum absolute atomic E-state index is 0.0695. The molecule has 1 amide bonds. The Hall–Kier alpha value is -2.75. The third-order valence-corrected chi connectivity index (χ3v) is 4.91. The molecule has 0 spiro atoms. The number of amides is 1. The standard InChI is InChI=1S/C22H23NO3/c1-25-20-8-2-17(3-9-20)15-23(19-6-7-19)22(24)11-5-16-4-10-21-18(14-16)12-13-26-21/h2-5,8-11,14,19H,6-7,12-13,15H2,1H3/b11-5+. The second kappa shape index (κ2) is 7.24. The first-order chi connectivity index (χ1) is 12.7. The molecule has 1 saturated carbocycles. The molecule has 0 N–H and O–H groups in total. The van der Waals surface area contributed by atoms with Gasteiger partial charge in [0.15, 0.2) is 0 Å². The molecular weight excluding hydrogens is 326 g/mol. The number of nitrogens with zero attached hydrogens (tertiary/aromatic N) is 1. The Morgan fingerprint density at radius 1 is 1.23 bits per heavy atom. The van der Waals surface area contributed by atoms with Crippen LogP contribution < -0.4 is 9.47 Å². The van der Waals surface area contributed by atoms with Gasteiger partial charge in [0.25, 0.3) is 0 Å². The summed E-state index contributed by atoms with van der Waals surface area (Å²) in [5, 5.41) is 0. The normalized spacial score (nSPS) is 15.6. The van der Waals surface area contributed by atoms with Gasteiger partial charge in [-0.05, 0) is 59.9 Å². The molecule has 1 heterocycles. The van der Waals surface area contributed by atoms with Crippen LogP contribution in [0.25, 0.3) is 6.08 Å². The van der Waals surface area contributed by atoms with E-state index < -0.39 is 0 Å². The van der Waals surface area contributed by atoms with Crippen molar-refractivity contribution in [3.8, 4) is 11.5 Å². The van der Waals surface area contributed by atoms with Gasteiger partial charge in [-0.2, -0.15) is 0 Å². The Bertz CT molecular complexity index is 822. The van der Waals surface area contributed by atoms with E-state index in [-0.39, 0.29) is 5.91 Å². The summed E-state index contributed by atoms with van der Waals surface area (Å²) in [6.45, 7) is 1.38. The fourth-order valence-electron chi connectivity index (χ4n) is 3.27. The molecule has 4 heteroatoms. The van der Waals surface area contributed by atoms with Crippen molar-refractivity contribution < 1.29 is 14.3 Å². The number of carbonyl (C=O) groups excluding carboxylic acids is 1. The molecule has 0 atom stereocenters. The summed E-state index contributed by atoms with van der Waals surface area (Å²) in [4.78, 5) is 14.7. The average molecular weight is 349 g/mol. The predicted molar refractivity (Wildman–Crippen MR) is 101 cm³/mol. The van der Waals surface area contributed by atoms with Crippen LogP contribution in [0.4, 0.5) is 0 Å². The van der Waals surface area contributed by atoms with Crippen molar-refractivity contribution in [1.29, 1.82) is 0 Å². The van der Waals surface area contributed by atoms with Gasteiger partial charge in [0.2, 0.25) is 5.91 Å². The molecule has 1 aliphatic carbocycles. The van der Waals surface area contributed by atoms with E-state index >= 15 is 0 Å². The van der Waals surface area contributed by atoms with Crippen molar-refractivity contribution >= 4 is 12.0 Å². The molecule has 2 aromatic carbocycles. The summed E-state index contributed by atoms with van der Waals surface area (Å²) in [6, 6.07) is 14.4. The third kappa shape index (κ3) is 3.74. The Morgan fingerprint density at radius 2 is 2.04 bits per heavy atom. The van der Waals surface area contributed by atoms with Crippen LogP contribution in [0.5, 0.6) is 11.5 Å². The topological polar surface area (TPSA) is 38.8 Å². The van der Waals surface area contributed by atoms with Crippen molar-refractivity contribution in [3.05, 3.63) is 65.2 Å². The van der Waals surface area contributed by atoms with Crippen LogP contribution in [0, 0.1) is 0 Å². The minimum atomic E-state index is 0.0695. The van der Waals surface area contributed by atoms with Crippen LogP contribution in [0.2, 0.25) is 0 Å². The lowest BCUT2D eigenvalue weighted by atomic mass is 10.1. The summed E-state index contributed by atoms with van der Waals surface area (Å²) < 4.78 is 10.7. The second-order valence-electron chi connectivity index (χ2n) is 6.84. The first-order valence-corrected chi connectivity index (χ1v) is 9.10. The van der Waals surface area contributed by atoms with E-state index in [9.17, 15) is 4.79 Å². The number of rotatable bonds is 6. The van der Waals surface area contributed by atoms with Crippen molar-refractivity contribution in [1.82, 2.24) is 4.90 Å². The van der Waals surface area contributed by atoms with Crippen molar-refractivity contribution in [3.63, 3.8) is 0 Å². The van der Waals surface area contributed by atoms with Crippen LogP contribution in [0.3, 0.4) is 0 Å². The number of fused-ring (bicyclic) bond motifs is 1. The van der Waals surface area contributed by atoms with Gasteiger partial charge in [-0.25, -0.2) is 0 Å². The molecule has 4 nitrogen and oxygen atoms in total. The lowest BCUT2D eigenvalue weighted by Crippen LogP contribution is -2.31. The van der Waals surface area contributed by atoms with Gasteiger partial charge in [-0.1, -0.05) is 18.2 Å². The van der Waals surface area contributed by atoms with Gasteiger partial charge in [-0.3, -0.25) is 4.79 Å². The van der Waals surface area contributed by atoms with Crippen LogP contribution in [0.1, 0.15) is 29.5 Å². The number of hydrogen-bond acceptors (Lipinski definition) is 3. The Labute approximate surface area is 154 Å². The molecular formula is C22H23NO3. The summed E-state index contributed by atoms with van der Waals surface area (Å²) in [5.74, 6) is 1.87. The van der Waals surface area contributed by atoms with Crippen molar-refractivity contribution in [2.24, 2.45) is 0 Å². The van der Waals surface area contributed by atoms with E-state index in [1.54, 1.807) is 13.2 Å². The highest BCUT2D eigenvalue weighted by Gasteiger charge is 2.31. The Kier molecular flexibility index (Phi) is 4.65. The van der Waals surface area contributed by atoms with Gasteiger partial charge < -0.3 is 14.4 Å². The zero-order valence-corrected chi connectivity index (χ0v) is 15.0. The van der Waals surface area contributed by atoms with E-state index in [1.807, 2.05) is 47.4 Å². The van der Waals surface area contributed by atoms with Gasteiger partial charge in [0.05, 0.1) is 13.7 Å². The van der Waals surface area contributed by atoms with Crippen LogP contribution in [0.15, 0.2) is 48.5 Å². The summed E-state index contributed by atoms with van der Waals surface area (Å²) >= 11 is 0. The highest BCUT2D eigenvalue weighted by atomic mass is 16.5. The Balaban J connectivity index is 1.45. The fourth-order valence-corrected chi connectivity index (χ4v) is 3.27. The molecule has 1 aliphatic heterocycles. The number of hydrogen-bond donors (Lipinski definition) is 0. The van der Waals surface area contributed by atoms with Crippen molar-refractivity contribution in [2.75, 3.05) is 13.7 Å². The minimum Gasteiger partial charge on any atom is -0.497 e. The molecule has 0 radical (unpaired) electrons. The number of ether oxygens (including phenoxy) is 2. The Morgan fingerprint density at radius 3 is 2.77 bits per heavy atom. The van der Waals surface area contributed by atoms with Gasteiger partial charge >= 0.3 is 0 Å². The lowest BCUT2D eigenvalue weighted by molar-refractivity contribution is -0.127. The van der Waals surface area contributed by atoms with E-state index in [2.05, 4.69) is 6.07 Å². The molecule has 0 unspecified atom stereocenters. The largest absolute Gasteiger partial charge is 0.497 e. The predicted octanol–water partition coefficient (Wildman–Crippen LogP) is 3.83. The van der Waals surface area contributed by atoms with Crippen molar-refractivity contribution in [2.45, 2.75) is 31.8 Å². The molecule has 4 rings (SSSR count). The third-order valence-electron chi connectivity index (χ3n) is 4.91. The maximum absolute atomic E-state index is 12.7. The number of benzene rings is 2. The molecule has 134 valence electrons. The first-order valence-electron chi connectivity index (χ1n) is 9.10. The summed E-state index contributed by atoms with van der Waals surface area (Å²) in [5.41, 5.74) is 3.38. The van der Waals surface area contributed by atoms with Gasteiger partial charge in [0.1, 0.15) is 11.5 Å². The fraction of sp³-hybridized carbons (Fsp3) is 0.318. The lowest BCUT2D eigenvalue weighted by Gasteiger charge is -2.21. The smallest absolute Gasteiger partial charge is 0.247 e. The molecule has 26 heavy (non-hydrogen) atoms. The summed E-state index contributed by atoms with van der Waals surface area (Å²) in [6.07, 6.45) is 6.72. The molecule has 2 aliphatic rings. The zero-order chi connectivity index (χ0) is 17.9. The molecule has 0 saturated heterocycles. The average Bonchev–Trinajstić information content (AvgIpc) is 3.41. The van der Waals surface area contributed by atoms with Crippen LogP contribution in [-0.2, 0) is 17.8 Å². The SMILES string of the molecule is COc1ccc(CN(C(=O)/C=C/c2ccc3c(c2)CCO3)C2CC2)cc1. The molecule has 1 fully saturated rings. The van der Waals surface area contributed by atoms with E-state index in [0.717, 1.165) is 48.5 Å². The van der Waals surface area contributed by atoms with Gasteiger partial charge in [-0.15, -0.1) is 0 Å². The quantitative estimate of drug-likeness (QED) is 0.744.